The predicted molar refractivity (Wildman–Crippen MR) is 107 cm³/mol. The number of anilines is 2. The number of aromatic amines is 1. The van der Waals surface area contributed by atoms with Gasteiger partial charge in [0.25, 0.3) is 0 Å². The van der Waals surface area contributed by atoms with E-state index in [2.05, 4.69) is 25.3 Å². The van der Waals surface area contributed by atoms with E-state index >= 15 is 0 Å². The van der Waals surface area contributed by atoms with Gasteiger partial charge in [0.2, 0.25) is 5.95 Å². The Hall–Kier alpha value is -3.39. The molecule has 0 aliphatic carbocycles. The second kappa shape index (κ2) is 7.32. The topological polar surface area (TPSA) is 97.7 Å². The predicted octanol–water partition coefficient (Wildman–Crippen LogP) is 3.93. The minimum atomic E-state index is -0.421. The van der Waals surface area contributed by atoms with E-state index in [1.807, 2.05) is 23.9 Å². The lowest BCUT2D eigenvalue weighted by atomic mass is 10.2. The summed E-state index contributed by atoms with van der Waals surface area (Å²) in [6.07, 6.45) is 5.26. The smallest absolute Gasteiger partial charge is 0.354 e. The van der Waals surface area contributed by atoms with Crippen LogP contribution in [0.2, 0.25) is 5.02 Å². The first kappa shape index (κ1) is 18.0. The van der Waals surface area contributed by atoms with Gasteiger partial charge in [-0.05, 0) is 31.2 Å². The molecule has 0 saturated carbocycles. The van der Waals surface area contributed by atoms with Crippen molar-refractivity contribution in [1.29, 1.82) is 0 Å². The minimum Gasteiger partial charge on any atom is -0.461 e. The standard InChI is InChI=1S/C19H17ClN6O2/c1-3-28-18(27)15-7-11-6-12(8-13(20)17(11)24-15)23-19-21-5-4-14(25-19)16-9-26(2)10-22-16/h4-10,24H,3H2,1-2H3,(H,21,23,25). The van der Waals surface area contributed by atoms with Crippen LogP contribution < -0.4 is 5.32 Å². The fourth-order valence-corrected chi connectivity index (χ4v) is 3.10. The third-order valence-corrected chi connectivity index (χ3v) is 4.35. The highest BCUT2D eigenvalue weighted by atomic mass is 35.5. The highest BCUT2D eigenvalue weighted by Crippen LogP contribution is 2.29. The van der Waals surface area contributed by atoms with Gasteiger partial charge >= 0.3 is 5.97 Å². The van der Waals surface area contributed by atoms with Gasteiger partial charge in [0.05, 0.1) is 29.2 Å². The normalized spacial score (nSPS) is 11.0. The number of rotatable bonds is 5. The molecule has 28 heavy (non-hydrogen) atoms. The van der Waals surface area contributed by atoms with Crippen LogP contribution in [-0.4, -0.2) is 37.1 Å². The van der Waals surface area contributed by atoms with Crippen molar-refractivity contribution < 1.29 is 9.53 Å². The summed E-state index contributed by atoms with van der Waals surface area (Å²) in [5.41, 5.74) is 3.18. The van der Waals surface area contributed by atoms with Crippen molar-refractivity contribution in [2.45, 2.75) is 6.92 Å². The first-order valence-corrected chi connectivity index (χ1v) is 8.99. The number of fused-ring (bicyclic) bond motifs is 1. The van der Waals surface area contributed by atoms with Crippen LogP contribution in [0.3, 0.4) is 0 Å². The van der Waals surface area contributed by atoms with Crippen LogP contribution in [-0.2, 0) is 11.8 Å². The fourth-order valence-electron chi connectivity index (χ4n) is 2.83. The largest absolute Gasteiger partial charge is 0.461 e. The average Bonchev–Trinajstić information content (AvgIpc) is 3.29. The quantitative estimate of drug-likeness (QED) is 0.496. The van der Waals surface area contributed by atoms with Crippen molar-refractivity contribution in [3.63, 3.8) is 0 Å². The van der Waals surface area contributed by atoms with Crippen LogP contribution in [0.4, 0.5) is 11.6 Å². The Bertz CT molecular complexity index is 1170. The molecule has 0 unspecified atom stereocenters. The van der Waals surface area contributed by atoms with Crippen molar-refractivity contribution in [3.05, 3.63) is 53.7 Å². The molecule has 3 heterocycles. The Balaban J connectivity index is 1.64. The van der Waals surface area contributed by atoms with Gasteiger partial charge in [0, 0.05) is 30.5 Å². The minimum absolute atomic E-state index is 0.304. The zero-order chi connectivity index (χ0) is 19.7. The number of hydrogen-bond acceptors (Lipinski definition) is 6. The van der Waals surface area contributed by atoms with E-state index < -0.39 is 5.97 Å². The SMILES string of the molecule is CCOC(=O)c1cc2cc(Nc3nccc(-c4cn(C)cn4)n3)cc(Cl)c2[nH]1. The summed E-state index contributed by atoms with van der Waals surface area (Å²) in [7, 11) is 1.90. The van der Waals surface area contributed by atoms with Crippen LogP contribution in [0.15, 0.2) is 43.0 Å². The molecule has 4 rings (SSSR count). The van der Waals surface area contributed by atoms with Crippen molar-refractivity contribution in [2.24, 2.45) is 7.05 Å². The van der Waals surface area contributed by atoms with Crippen molar-refractivity contribution in [3.8, 4) is 11.4 Å². The van der Waals surface area contributed by atoms with Gasteiger partial charge in [-0.3, -0.25) is 0 Å². The molecule has 0 aliphatic rings. The molecule has 8 nitrogen and oxygen atoms in total. The summed E-state index contributed by atoms with van der Waals surface area (Å²) < 4.78 is 6.88. The first-order valence-electron chi connectivity index (χ1n) is 8.61. The number of nitrogens with one attached hydrogen (secondary N) is 2. The fraction of sp³-hybridized carbons (Fsp3) is 0.158. The zero-order valence-corrected chi connectivity index (χ0v) is 16.0. The molecule has 0 fully saturated rings. The van der Waals surface area contributed by atoms with E-state index in [1.54, 1.807) is 37.6 Å². The molecule has 0 spiro atoms. The summed E-state index contributed by atoms with van der Waals surface area (Å²) in [5, 5.41) is 4.39. The number of carbonyl (C=O) groups excluding carboxylic acids is 1. The van der Waals surface area contributed by atoms with Crippen LogP contribution in [0.1, 0.15) is 17.4 Å². The van der Waals surface area contributed by atoms with E-state index in [-0.39, 0.29) is 0 Å². The molecule has 0 atom stereocenters. The number of hydrogen-bond donors (Lipinski definition) is 2. The molecular weight excluding hydrogens is 380 g/mol. The Morgan fingerprint density at radius 2 is 2.14 bits per heavy atom. The summed E-state index contributed by atoms with van der Waals surface area (Å²) >= 11 is 6.38. The van der Waals surface area contributed by atoms with Crippen molar-refractivity contribution in [1.82, 2.24) is 24.5 Å². The number of imidazole rings is 1. The second-order valence-corrected chi connectivity index (χ2v) is 6.55. The molecule has 0 radical (unpaired) electrons. The molecule has 0 aliphatic heterocycles. The number of H-pyrrole nitrogens is 1. The second-order valence-electron chi connectivity index (χ2n) is 6.14. The van der Waals surface area contributed by atoms with Gasteiger partial charge < -0.3 is 19.6 Å². The number of esters is 1. The number of benzene rings is 1. The van der Waals surface area contributed by atoms with Crippen LogP contribution >= 0.6 is 11.6 Å². The van der Waals surface area contributed by atoms with Gasteiger partial charge in [0.1, 0.15) is 11.4 Å². The third-order valence-electron chi connectivity index (χ3n) is 4.05. The van der Waals surface area contributed by atoms with Crippen molar-refractivity contribution >= 4 is 40.1 Å². The Kier molecular flexibility index (Phi) is 4.70. The number of aryl methyl sites for hydroxylation is 1. The van der Waals surface area contributed by atoms with Crippen LogP contribution in [0.25, 0.3) is 22.3 Å². The van der Waals surface area contributed by atoms with Crippen molar-refractivity contribution in [2.75, 3.05) is 11.9 Å². The van der Waals surface area contributed by atoms with E-state index in [4.69, 9.17) is 16.3 Å². The first-order chi connectivity index (χ1) is 13.5. The molecule has 0 saturated heterocycles. The van der Waals surface area contributed by atoms with Gasteiger partial charge in [-0.2, -0.15) is 0 Å². The summed E-state index contributed by atoms with van der Waals surface area (Å²) in [5.74, 6) is -0.00427. The lowest BCUT2D eigenvalue weighted by Gasteiger charge is -2.07. The van der Waals surface area contributed by atoms with Gasteiger partial charge in [-0.15, -0.1) is 0 Å². The maximum atomic E-state index is 11.9. The molecule has 1 aromatic carbocycles. The molecule has 0 bridgehead atoms. The molecule has 142 valence electrons. The molecule has 2 N–H and O–H groups in total. The molecule has 4 aromatic rings. The van der Waals surface area contributed by atoms with Gasteiger partial charge in [0.15, 0.2) is 0 Å². The number of aromatic nitrogens is 5. The molecule has 3 aromatic heterocycles. The molecule has 0 amide bonds. The summed E-state index contributed by atoms with van der Waals surface area (Å²) in [6.45, 7) is 2.06. The van der Waals surface area contributed by atoms with E-state index in [9.17, 15) is 4.79 Å². The highest BCUT2D eigenvalue weighted by molar-refractivity contribution is 6.35. The monoisotopic (exact) mass is 396 g/mol. The number of carbonyl (C=O) groups is 1. The zero-order valence-electron chi connectivity index (χ0n) is 15.2. The maximum Gasteiger partial charge on any atom is 0.354 e. The summed E-state index contributed by atoms with van der Waals surface area (Å²) in [4.78, 5) is 28.0. The average molecular weight is 397 g/mol. The Morgan fingerprint density at radius 1 is 1.29 bits per heavy atom. The maximum absolute atomic E-state index is 11.9. The Morgan fingerprint density at radius 3 is 2.89 bits per heavy atom. The third kappa shape index (κ3) is 3.54. The highest BCUT2D eigenvalue weighted by Gasteiger charge is 2.13. The number of nitrogens with zero attached hydrogens (tertiary/aromatic N) is 4. The lowest BCUT2D eigenvalue weighted by molar-refractivity contribution is 0.0520. The number of ether oxygens (including phenoxy) is 1. The lowest BCUT2D eigenvalue weighted by Crippen LogP contribution is -2.04. The van der Waals surface area contributed by atoms with E-state index in [0.717, 1.165) is 11.1 Å². The van der Waals surface area contributed by atoms with Gasteiger partial charge in [-0.25, -0.2) is 19.7 Å². The van der Waals surface area contributed by atoms with Crippen LogP contribution in [0.5, 0.6) is 0 Å². The van der Waals surface area contributed by atoms with Gasteiger partial charge in [-0.1, -0.05) is 11.6 Å². The Labute approximate surface area is 165 Å². The number of halogens is 1. The van der Waals surface area contributed by atoms with Crippen LogP contribution in [0, 0.1) is 0 Å². The molecule has 9 heteroatoms. The van der Waals surface area contributed by atoms with E-state index in [1.165, 1.54) is 0 Å². The summed E-state index contributed by atoms with van der Waals surface area (Å²) in [6, 6.07) is 7.10. The van der Waals surface area contributed by atoms with E-state index in [0.29, 0.717) is 40.2 Å². The molecular formula is C19H17ClN6O2.